The zero-order valence-electron chi connectivity index (χ0n) is 11.6. The van der Waals surface area contributed by atoms with E-state index in [9.17, 15) is 0 Å². The fourth-order valence-electron chi connectivity index (χ4n) is 4.15. The summed E-state index contributed by atoms with van der Waals surface area (Å²) in [5.74, 6) is 0.973. The van der Waals surface area contributed by atoms with E-state index in [0.29, 0.717) is 5.41 Å². The van der Waals surface area contributed by atoms with Crippen molar-refractivity contribution < 1.29 is 4.74 Å². The van der Waals surface area contributed by atoms with Gasteiger partial charge in [0.05, 0.1) is 5.01 Å². The van der Waals surface area contributed by atoms with Crippen LogP contribution in [-0.2, 0) is 11.3 Å². The van der Waals surface area contributed by atoms with Gasteiger partial charge in [0.15, 0.2) is 0 Å². The van der Waals surface area contributed by atoms with Crippen LogP contribution in [0.15, 0.2) is 6.20 Å². The van der Waals surface area contributed by atoms with E-state index in [4.69, 9.17) is 4.74 Å². The van der Waals surface area contributed by atoms with Crippen LogP contribution in [0.3, 0.4) is 0 Å². The van der Waals surface area contributed by atoms with Gasteiger partial charge >= 0.3 is 0 Å². The van der Waals surface area contributed by atoms with Gasteiger partial charge in [-0.2, -0.15) is 0 Å². The average Bonchev–Trinajstić information content (AvgIpc) is 3.12. The third-order valence-electron chi connectivity index (χ3n) is 5.12. The summed E-state index contributed by atoms with van der Waals surface area (Å²) in [4.78, 5) is 8.54. The zero-order chi connectivity index (χ0) is 12.9. The number of likely N-dealkylation sites (tertiary alicyclic amines) is 1. The van der Waals surface area contributed by atoms with Gasteiger partial charge < -0.3 is 4.74 Å². The summed E-state index contributed by atoms with van der Waals surface area (Å²) in [5, 5.41) is 1.19. The van der Waals surface area contributed by atoms with E-state index in [2.05, 4.69) is 23.0 Å². The Labute approximate surface area is 119 Å². The molecule has 1 saturated carbocycles. The molecular weight excluding hydrogens is 256 g/mol. The number of rotatable bonds is 3. The van der Waals surface area contributed by atoms with E-state index in [1.165, 1.54) is 42.1 Å². The fraction of sp³-hybridized carbons (Fsp3) is 0.800. The number of nitrogens with zero attached hydrogens (tertiary/aromatic N) is 2. The Bertz CT molecular complexity index is 462. The van der Waals surface area contributed by atoms with Crippen LogP contribution in [0.4, 0.5) is 0 Å². The van der Waals surface area contributed by atoms with Gasteiger partial charge in [-0.1, -0.05) is 0 Å². The standard InChI is InChI=1S/C15H22N2OS/c1-11-16-8-13(19-11)9-17-10-15(4-6-18-7-5-15)14(17)12-2-3-12/h8,12,14H,2-7,9-10H2,1H3. The van der Waals surface area contributed by atoms with Crippen molar-refractivity contribution in [3.05, 3.63) is 16.1 Å². The molecule has 1 spiro atoms. The minimum Gasteiger partial charge on any atom is -0.381 e. The van der Waals surface area contributed by atoms with E-state index in [1.807, 2.05) is 11.3 Å². The Morgan fingerprint density at radius 3 is 2.84 bits per heavy atom. The molecule has 3 heterocycles. The first-order valence-electron chi connectivity index (χ1n) is 7.50. The van der Waals surface area contributed by atoms with Crippen LogP contribution in [-0.4, -0.2) is 35.7 Å². The van der Waals surface area contributed by atoms with Crippen molar-refractivity contribution in [2.45, 2.75) is 45.2 Å². The third kappa shape index (κ3) is 2.14. The van der Waals surface area contributed by atoms with E-state index in [1.54, 1.807) is 0 Å². The fourth-order valence-corrected chi connectivity index (χ4v) is 4.97. The molecule has 104 valence electrons. The highest BCUT2D eigenvalue weighted by atomic mass is 32.1. The first kappa shape index (κ1) is 12.3. The van der Waals surface area contributed by atoms with Crippen LogP contribution < -0.4 is 0 Å². The second-order valence-corrected chi connectivity index (χ2v) is 7.83. The topological polar surface area (TPSA) is 25.4 Å². The normalized spacial score (nSPS) is 30.5. The Morgan fingerprint density at radius 2 is 2.21 bits per heavy atom. The molecule has 0 N–H and O–H groups in total. The number of thiazole rings is 1. The third-order valence-corrected chi connectivity index (χ3v) is 6.02. The van der Waals surface area contributed by atoms with E-state index < -0.39 is 0 Å². The average molecular weight is 278 g/mol. The van der Waals surface area contributed by atoms with Gasteiger partial charge in [0.25, 0.3) is 0 Å². The van der Waals surface area contributed by atoms with Gasteiger partial charge in [0, 0.05) is 48.8 Å². The molecule has 1 aliphatic carbocycles. The molecule has 0 bridgehead atoms. The molecule has 2 aliphatic heterocycles. The molecule has 4 rings (SSSR count). The molecule has 1 aromatic heterocycles. The molecular formula is C15H22N2OS. The maximum Gasteiger partial charge on any atom is 0.0897 e. The molecule has 0 amide bonds. The largest absolute Gasteiger partial charge is 0.381 e. The van der Waals surface area contributed by atoms with E-state index in [-0.39, 0.29) is 0 Å². The van der Waals surface area contributed by atoms with Crippen molar-refractivity contribution in [1.82, 2.24) is 9.88 Å². The van der Waals surface area contributed by atoms with E-state index >= 15 is 0 Å². The first-order valence-corrected chi connectivity index (χ1v) is 8.32. The van der Waals surface area contributed by atoms with E-state index in [0.717, 1.165) is 31.7 Å². The molecule has 1 aromatic rings. The van der Waals surface area contributed by atoms with Gasteiger partial charge in [-0.15, -0.1) is 11.3 Å². The van der Waals surface area contributed by atoms with Crippen LogP contribution in [0.2, 0.25) is 0 Å². The van der Waals surface area contributed by atoms with Crippen LogP contribution in [0.5, 0.6) is 0 Å². The molecule has 3 aliphatic rings. The number of aromatic nitrogens is 1. The van der Waals surface area contributed by atoms with Crippen molar-refractivity contribution in [3.63, 3.8) is 0 Å². The summed E-state index contributed by atoms with van der Waals surface area (Å²) in [6, 6.07) is 0.832. The lowest BCUT2D eigenvalue weighted by atomic mass is 9.64. The summed E-state index contributed by atoms with van der Waals surface area (Å²) >= 11 is 1.86. The maximum absolute atomic E-state index is 5.58. The van der Waals surface area contributed by atoms with Crippen LogP contribution in [0.1, 0.15) is 35.6 Å². The molecule has 3 fully saturated rings. The molecule has 0 aromatic carbocycles. The molecule has 3 nitrogen and oxygen atoms in total. The predicted molar refractivity (Wildman–Crippen MR) is 76.3 cm³/mol. The SMILES string of the molecule is Cc1ncc(CN2CC3(CCOCC3)C2C2CC2)s1. The number of aryl methyl sites for hydroxylation is 1. The molecule has 19 heavy (non-hydrogen) atoms. The van der Waals surface area contributed by atoms with Crippen molar-refractivity contribution in [1.29, 1.82) is 0 Å². The van der Waals surface area contributed by atoms with Crippen LogP contribution >= 0.6 is 11.3 Å². The molecule has 1 atom stereocenters. The van der Waals surface area contributed by atoms with Gasteiger partial charge in [0.1, 0.15) is 0 Å². The number of ether oxygens (including phenoxy) is 1. The highest BCUT2D eigenvalue weighted by Gasteiger charge is 2.57. The first-order chi connectivity index (χ1) is 9.27. The summed E-state index contributed by atoms with van der Waals surface area (Å²) in [5.41, 5.74) is 0.596. The van der Waals surface area contributed by atoms with Crippen molar-refractivity contribution in [2.24, 2.45) is 11.3 Å². The van der Waals surface area contributed by atoms with Crippen molar-refractivity contribution in [2.75, 3.05) is 19.8 Å². The Morgan fingerprint density at radius 1 is 1.42 bits per heavy atom. The predicted octanol–water partition coefficient (Wildman–Crippen LogP) is 2.84. The quantitative estimate of drug-likeness (QED) is 0.850. The highest BCUT2D eigenvalue weighted by Crippen LogP contribution is 2.55. The van der Waals surface area contributed by atoms with Gasteiger partial charge in [-0.05, 0) is 38.5 Å². The number of hydrogen-bond donors (Lipinski definition) is 0. The highest BCUT2D eigenvalue weighted by molar-refractivity contribution is 7.11. The van der Waals surface area contributed by atoms with Crippen molar-refractivity contribution in [3.8, 4) is 0 Å². The van der Waals surface area contributed by atoms with Crippen molar-refractivity contribution >= 4 is 11.3 Å². The number of hydrogen-bond acceptors (Lipinski definition) is 4. The molecule has 2 saturated heterocycles. The summed E-state index contributed by atoms with van der Waals surface area (Å²) in [6.45, 7) is 6.47. The minimum absolute atomic E-state index is 0.596. The van der Waals surface area contributed by atoms with Gasteiger partial charge in [0.2, 0.25) is 0 Å². The Balaban J connectivity index is 1.48. The van der Waals surface area contributed by atoms with Crippen LogP contribution in [0, 0.1) is 18.3 Å². The summed E-state index contributed by atoms with van der Waals surface area (Å²) < 4.78 is 5.58. The Hall–Kier alpha value is -0.450. The zero-order valence-corrected chi connectivity index (χ0v) is 12.4. The lowest BCUT2D eigenvalue weighted by molar-refractivity contribution is -0.143. The molecule has 1 unspecified atom stereocenters. The van der Waals surface area contributed by atoms with Gasteiger partial charge in [-0.3, -0.25) is 4.90 Å². The lowest BCUT2D eigenvalue weighted by Crippen LogP contribution is -2.66. The van der Waals surface area contributed by atoms with Crippen LogP contribution in [0.25, 0.3) is 0 Å². The molecule has 0 radical (unpaired) electrons. The van der Waals surface area contributed by atoms with Gasteiger partial charge in [-0.25, -0.2) is 4.98 Å². The Kier molecular flexibility index (Phi) is 2.94. The lowest BCUT2D eigenvalue weighted by Gasteiger charge is -2.60. The summed E-state index contributed by atoms with van der Waals surface area (Å²) in [7, 11) is 0. The molecule has 4 heteroatoms. The maximum atomic E-state index is 5.58. The summed E-state index contributed by atoms with van der Waals surface area (Å²) in [6.07, 6.45) is 7.54. The monoisotopic (exact) mass is 278 g/mol. The second kappa shape index (κ2) is 4.54. The smallest absolute Gasteiger partial charge is 0.0897 e. The minimum atomic E-state index is 0.596. The second-order valence-electron chi connectivity index (χ2n) is 6.51.